The molecule has 36 heavy (non-hydrogen) atoms. The van der Waals surface area contributed by atoms with E-state index in [1.54, 1.807) is 10.6 Å². The Balaban J connectivity index is 1.57. The van der Waals surface area contributed by atoms with Gasteiger partial charge in [0.25, 0.3) is 11.5 Å². The molecule has 2 heterocycles. The Kier molecular flexibility index (Phi) is 7.76. The smallest absolute Gasteiger partial charge is 0.271 e. The quantitative estimate of drug-likeness (QED) is 0.495. The summed E-state index contributed by atoms with van der Waals surface area (Å²) in [5, 5.41) is 6.26. The molecule has 2 N–H and O–H groups in total. The Labute approximate surface area is 217 Å². The second-order valence-electron chi connectivity index (χ2n) is 10.1. The van der Waals surface area contributed by atoms with Crippen LogP contribution in [-0.2, 0) is 6.54 Å². The van der Waals surface area contributed by atoms with E-state index in [-0.39, 0.29) is 18.0 Å². The van der Waals surface area contributed by atoms with E-state index in [1.807, 2.05) is 32.9 Å². The van der Waals surface area contributed by atoms with Crippen molar-refractivity contribution in [3.8, 4) is 0 Å². The maximum Gasteiger partial charge on any atom is 0.271 e. The van der Waals surface area contributed by atoms with Crippen molar-refractivity contribution in [1.29, 1.82) is 0 Å². The largest absolute Gasteiger partial charge is 0.369 e. The topological polar surface area (TPSA) is 85.7 Å². The monoisotopic (exact) mass is 512 g/mol. The molecule has 1 saturated carbocycles. The molecule has 0 aliphatic heterocycles. The molecule has 2 aromatic heterocycles. The van der Waals surface area contributed by atoms with Crippen LogP contribution in [0, 0.1) is 20.8 Å². The molecule has 3 aromatic rings. The molecule has 0 unspecified atom stereocenters. The van der Waals surface area contributed by atoms with Crippen LogP contribution in [0.3, 0.4) is 0 Å². The summed E-state index contributed by atoms with van der Waals surface area (Å²) < 4.78 is 1.66. The molecule has 1 aromatic carbocycles. The van der Waals surface area contributed by atoms with Crippen LogP contribution in [0.5, 0.6) is 0 Å². The van der Waals surface area contributed by atoms with E-state index in [4.69, 9.17) is 11.6 Å². The van der Waals surface area contributed by atoms with Gasteiger partial charge in [-0.3, -0.25) is 14.7 Å². The lowest BCUT2D eigenvalue weighted by atomic mass is 9.89. The first-order chi connectivity index (χ1) is 17.1. The van der Waals surface area contributed by atoms with Crippen LogP contribution in [0.25, 0.3) is 5.65 Å². The predicted molar refractivity (Wildman–Crippen MR) is 145 cm³/mol. The summed E-state index contributed by atoms with van der Waals surface area (Å²) in [5.74, 6) is -0.258. The molecule has 1 aliphatic rings. The number of carbonyl (C=O) groups excluding carboxylic acids is 1. The van der Waals surface area contributed by atoms with Crippen LogP contribution < -0.4 is 15.8 Å². The van der Waals surface area contributed by atoms with Crippen LogP contribution >= 0.6 is 11.6 Å². The number of carbonyl (C=O) groups is 1. The first kappa shape index (κ1) is 26.2. The number of nitrogens with zero attached hydrogens (tertiary/aromatic N) is 4. The highest BCUT2D eigenvalue weighted by molar-refractivity contribution is 6.31. The summed E-state index contributed by atoms with van der Waals surface area (Å²) in [7, 11) is 4.30. The zero-order chi connectivity index (χ0) is 26.1. The van der Waals surface area contributed by atoms with Crippen molar-refractivity contribution in [2.45, 2.75) is 72.0 Å². The van der Waals surface area contributed by atoms with Crippen molar-refractivity contribution in [1.82, 2.24) is 24.8 Å². The van der Waals surface area contributed by atoms with Gasteiger partial charge in [0.1, 0.15) is 0 Å². The summed E-state index contributed by atoms with van der Waals surface area (Å²) in [6.07, 6.45) is 4.55. The maximum atomic E-state index is 13.3. The van der Waals surface area contributed by atoms with Crippen molar-refractivity contribution < 1.29 is 4.79 Å². The Morgan fingerprint density at radius 3 is 2.44 bits per heavy atom. The van der Waals surface area contributed by atoms with Crippen molar-refractivity contribution >= 4 is 28.8 Å². The van der Waals surface area contributed by atoms with Crippen molar-refractivity contribution in [3.05, 3.63) is 61.7 Å². The lowest BCUT2D eigenvalue weighted by molar-refractivity contribution is 0.0950. The molecule has 0 saturated heterocycles. The van der Waals surface area contributed by atoms with Crippen molar-refractivity contribution in [2.75, 3.05) is 25.5 Å². The Morgan fingerprint density at radius 2 is 1.81 bits per heavy atom. The third-order valence-corrected chi connectivity index (χ3v) is 7.74. The van der Waals surface area contributed by atoms with Crippen LogP contribution in [0.2, 0.25) is 5.02 Å². The number of benzene rings is 1. The number of amides is 1. The summed E-state index contributed by atoms with van der Waals surface area (Å²) in [4.78, 5) is 35.1. The van der Waals surface area contributed by atoms with Gasteiger partial charge in [-0.15, -0.1) is 0 Å². The van der Waals surface area contributed by atoms with E-state index in [9.17, 15) is 9.59 Å². The van der Waals surface area contributed by atoms with Gasteiger partial charge in [0.05, 0.1) is 12.1 Å². The number of aryl methyl sites for hydroxylation is 2. The van der Waals surface area contributed by atoms with Crippen molar-refractivity contribution in [2.24, 2.45) is 0 Å². The Bertz CT molecular complexity index is 1320. The molecular weight excluding hydrogens is 476 g/mol. The molecule has 0 spiro atoms. The van der Waals surface area contributed by atoms with Crippen LogP contribution in [0.4, 0.5) is 5.69 Å². The van der Waals surface area contributed by atoms with Crippen LogP contribution in [0.1, 0.15) is 65.5 Å². The van der Waals surface area contributed by atoms with Gasteiger partial charge in [0.2, 0.25) is 0 Å². The number of H-pyrrole nitrogens is 1. The minimum absolute atomic E-state index is 0.0773. The number of nitrogens with one attached hydrogen (secondary N) is 2. The minimum Gasteiger partial charge on any atom is -0.369 e. The summed E-state index contributed by atoms with van der Waals surface area (Å²) in [5.41, 5.74) is 4.83. The van der Waals surface area contributed by atoms with Gasteiger partial charge in [-0.1, -0.05) is 11.6 Å². The molecule has 9 heteroatoms. The second-order valence-corrected chi connectivity index (χ2v) is 10.5. The highest BCUT2D eigenvalue weighted by Crippen LogP contribution is 2.34. The average molecular weight is 513 g/mol. The maximum absolute atomic E-state index is 13.3. The third kappa shape index (κ3) is 5.15. The number of halogens is 1. The average Bonchev–Trinajstić information content (AvgIpc) is 3.15. The Morgan fingerprint density at radius 1 is 1.14 bits per heavy atom. The summed E-state index contributed by atoms with van der Waals surface area (Å²) in [6.45, 7) is 8.84. The number of hydrogen-bond donors (Lipinski definition) is 2. The molecule has 4 rings (SSSR count). The summed E-state index contributed by atoms with van der Waals surface area (Å²) in [6, 6.07) is 6.62. The molecule has 1 aliphatic carbocycles. The zero-order valence-electron chi connectivity index (χ0n) is 22.1. The van der Waals surface area contributed by atoms with Gasteiger partial charge in [-0.25, -0.2) is 9.50 Å². The summed E-state index contributed by atoms with van der Waals surface area (Å²) >= 11 is 6.53. The molecule has 194 valence electrons. The number of aromatic amines is 1. The fraction of sp³-hybridized carbons (Fsp3) is 0.519. The van der Waals surface area contributed by atoms with Gasteiger partial charge in [-0.05, 0) is 91.2 Å². The van der Waals surface area contributed by atoms with E-state index >= 15 is 0 Å². The highest BCUT2D eigenvalue weighted by Gasteiger charge is 2.28. The fourth-order valence-corrected chi connectivity index (χ4v) is 5.74. The number of fused-ring (bicyclic) bond motifs is 1. The molecule has 1 fully saturated rings. The van der Waals surface area contributed by atoms with Gasteiger partial charge >= 0.3 is 0 Å². The Hall–Kier alpha value is -2.84. The second kappa shape index (κ2) is 10.6. The standard InChI is InChI=1S/C27H37ClN6O2/c1-7-33(21-10-8-20(9-11-21)32(5)6)24-14-19(28)13-22(18(24)4)26(35)29-15-23-25-30-16(2)12-17(3)34(25)31-27(23)36/h12-14,20-21H,7-11,15H2,1-6H3,(H,29,35)(H,31,36)/t20-,21-. The van der Waals surface area contributed by atoms with Gasteiger partial charge in [-0.2, -0.15) is 0 Å². The molecule has 0 bridgehead atoms. The lowest BCUT2D eigenvalue weighted by Gasteiger charge is -2.40. The van der Waals surface area contributed by atoms with Crippen LogP contribution in [-0.4, -0.2) is 58.1 Å². The normalized spacial score (nSPS) is 18.1. The first-order valence-corrected chi connectivity index (χ1v) is 13.1. The first-order valence-electron chi connectivity index (χ1n) is 12.7. The molecule has 8 nitrogen and oxygen atoms in total. The number of rotatable bonds is 7. The van der Waals surface area contributed by atoms with Gasteiger partial charge in [0, 0.05) is 46.3 Å². The van der Waals surface area contributed by atoms with E-state index < -0.39 is 0 Å². The SMILES string of the molecule is CCN(c1cc(Cl)cc(C(=O)NCc2c(=O)[nH]n3c(C)cc(C)nc23)c1C)[C@H]1CC[C@H](N(C)C)CC1. The van der Waals surface area contributed by atoms with Gasteiger partial charge < -0.3 is 15.1 Å². The molecule has 0 atom stereocenters. The lowest BCUT2D eigenvalue weighted by Crippen LogP contribution is -2.42. The zero-order valence-corrected chi connectivity index (χ0v) is 22.9. The van der Waals surface area contributed by atoms with Crippen LogP contribution in [0.15, 0.2) is 23.0 Å². The van der Waals surface area contributed by atoms with Gasteiger partial charge in [0.15, 0.2) is 5.65 Å². The third-order valence-electron chi connectivity index (χ3n) is 7.52. The van der Waals surface area contributed by atoms with Crippen molar-refractivity contribution in [3.63, 3.8) is 0 Å². The number of anilines is 1. The van der Waals surface area contributed by atoms with E-state index in [1.165, 1.54) is 0 Å². The highest BCUT2D eigenvalue weighted by atomic mass is 35.5. The van der Waals surface area contributed by atoms with E-state index in [0.717, 1.165) is 54.9 Å². The molecule has 0 radical (unpaired) electrons. The predicted octanol–water partition coefficient (Wildman–Crippen LogP) is 4.23. The number of hydrogen-bond acceptors (Lipinski definition) is 5. The van der Waals surface area contributed by atoms with E-state index in [2.05, 4.69) is 46.2 Å². The number of aromatic nitrogens is 3. The fourth-order valence-electron chi connectivity index (χ4n) is 5.53. The minimum atomic E-state index is -0.259. The molecular formula is C27H37ClN6O2. The molecule has 1 amide bonds. The van der Waals surface area contributed by atoms with E-state index in [0.29, 0.717) is 33.9 Å².